The monoisotopic (exact) mass is 428 g/mol. The summed E-state index contributed by atoms with van der Waals surface area (Å²) in [5.41, 5.74) is 6.17. The maximum Gasteiger partial charge on any atom is 0.0402 e. The zero-order valence-electron chi connectivity index (χ0n) is 19.9. The van der Waals surface area contributed by atoms with Gasteiger partial charge in [-0.3, -0.25) is 0 Å². The largest absolute Gasteiger partial charge is 0.115 e. The lowest BCUT2D eigenvalue weighted by Crippen LogP contribution is -2.00. The van der Waals surface area contributed by atoms with E-state index < -0.39 is 0 Å². The van der Waals surface area contributed by atoms with Gasteiger partial charge in [0.2, 0.25) is 0 Å². The minimum absolute atomic E-state index is 0.671. The molecule has 33 heavy (non-hydrogen) atoms. The molecule has 0 fully saturated rings. The first kappa shape index (κ1) is 22.7. The van der Waals surface area contributed by atoms with Crippen LogP contribution in [0.3, 0.4) is 0 Å². The summed E-state index contributed by atoms with van der Waals surface area (Å²) in [6, 6.07) is 23.9. The number of terminal acetylenes is 1. The van der Waals surface area contributed by atoms with Gasteiger partial charge in [0, 0.05) is 17.5 Å². The van der Waals surface area contributed by atoms with Crippen LogP contribution in [0.1, 0.15) is 67.3 Å². The van der Waals surface area contributed by atoms with Gasteiger partial charge in [-0.1, -0.05) is 99.0 Å². The van der Waals surface area contributed by atoms with Gasteiger partial charge in [0.25, 0.3) is 0 Å². The molecule has 4 aromatic carbocycles. The molecule has 164 valence electrons. The summed E-state index contributed by atoms with van der Waals surface area (Å²) in [7, 11) is 0. The van der Waals surface area contributed by atoms with E-state index in [4.69, 9.17) is 6.42 Å². The van der Waals surface area contributed by atoms with Crippen molar-refractivity contribution in [3.63, 3.8) is 0 Å². The summed E-state index contributed by atoms with van der Waals surface area (Å²) in [6.45, 7) is 4.50. The Balaban J connectivity index is 1.74. The zero-order chi connectivity index (χ0) is 23.0. The summed E-state index contributed by atoms with van der Waals surface area (Å²) in [5, 5.41) is 4.87. The maximum atomic E-state index is 5.93. The van der Waals surface area contributed by atoms with Crippen LogP contribution in [0.5, 0.6) is 0 Å². The number of unbranched alkanes of at least 4 members (excludes halogenated alkanes) is 2. The van der Waals surface area contributed by atoms with Crippen LogP contribution in [0.25, 0.3) is 21.5 Å². The molecular weight excluding hydrogens is 396 g/mol. The molecule has 0 atom stereocenters. The van der Waals surface area contributed by atoms with E-state index in [0.29, 0.717) is 6.42 Å². The molecule has 0 saturated heterocycles. The van der Waals surface area contributed by atoms with Crippen LogP contribution >= 0.6 is 0 Å². The number of rotatable bonds is 7. The van der Waals surface area contributed by atoms with Crippen molar-refractivity contribution in [3.05, 3.63) is 94.5 Å². The second-order valence-electron chi connectivity index (χ2n) is 8.80. The Morgan fingerprint density at radius 2 is 1.27 bits per heavy atom. The van der Waals surface area contributed by atoms with Crippen molar-refractivity contribution in [2.45, 2.75) is 58.8 Å². The van der Waals surface area contributed by atoms with E-state index >= 15 is 0 Å². The van der Waals surface area contributed by atoms with Crippen molar-refractivity contribution in [1.82, 2.24) is 0 Å². The van der Waals surface area contributed by atoms with E-state index in [1.165, 1.54) is 63.9 Å². The molecule has 0 unspecified atom stereocenters. The molecule has 0 amide bonds. The van der Waals surface area contributed by atoms with E-state index in [2.05, 4.69) is 98.3 Å². The molecule has 4 rings (SSSR count). The SMILES string of the molecule is C#Cc1cc(CCCC)c(CCCC)cc1CC#Cc1c2ccccc2cc2ccccc12. The van der Waals surface area contributed by atoms with Gasteiger partial charge in [0.05, 0.1) is 0 Å². The van der Waals surface area contributed by atoms with Crippen LogP contribution in [0.4, 0.5) is 0 Å². The third kappa shape index (κ3) is 5.13. The number of hydrogen-bond acceptors (Lipinski definition) is 0. The lowest BCUT2D eigenvalue weighted by Gasteiger charge is -2.13. The summed E-state index contributed by atoms with van der Waals surface area (Å²) in [6.07, 6.45) is 13.6. The number of aryl methyl sites for hydroxylation is 2. The second-order valence-corrected chi connectivity index (χ2v) is 8.80. The lowest BCUT2D eigenvalue weighted by atomic mass is 9.91. The van der Waals surface area contributed by atoms with E-state index in [-0.39, 0.29) is 0 Å². The Morgan fingerprint density at radius 3 is 1.85 bits per heavy atom. The van der Waals surface area contributed by atoms with Crippen molar-refractivity contribution >= 4 is 21.5 Å². The van der Waals surface area contributed by atoms with E-state index in [0.717, 1.165) is 24.0 Å². The lowest BCUT2D eigenvalue weighted by molar-refractivity contribution is 0.757. The van der Waals surface area contributed by atoms with Crippen LogP contribution in [0.15, 0.2) is 66.7 Å². The molecule has 0 nitrogen and oxygen atoms in total. The predicted molar refractivity (Wildman–Crippen MR) is 144 cm³/mol. The minimum atomic E-state index is 0.671. The second kappa shape index (κ2) is 10.9. The van der Waals surface area contributed by atoms with Crippen LogP contribution < -0.4 is 0 Å². The molecule has 0 N–H and O–H groups in total. The molecule has 0 heterocycles. The van der Waals surface area contributed by atoms with Crippen LogP contribution in [0.2, 0.25) is 0 Å². The van der Waals surface area contributed by atoms with Crippen molar-refractivity contribution in [3.8, 4) is 24.2 Å². The van der Waals surface area contributed by atoms with Crippen LogP contribution in [-0.2, 0) is 19.3 Å². The van der Waals surface area contributed by atoms with E-state index in [9.17, 15) is 0 Å². The van der Waals surface area contributed by atoms with E-state index in [1.54, 1.807) is 0 Å². The Hall–Kier alpha value is -3.48. The molecule has 0 aliphatic rings. The smallest absolute Gasteiger partial charge is 0.0402 e. The van der Waals surface area contributed by atoms with Crippen molar-refractivity contribution in [2.75, 3.05) is 0 Å². The molecule has 0 spiro atoms. The van der Waals surface area contributed by atoms with Crippen molar-refractivity contribution < 1.29 is 0 Å². The topological polar surface area (TPSA) is 0 Å². The normalized spacial score (nSPS) is 10.7. The number of fused-ring (bicyclic) bond motifs is 2. The average Bonchev–Trinajstić information content (AvgIpc) is 2.86. The van der Waals surface area contributed by atoms with Gasteiger partial charge < -0.3 is 0 Å². The highest BCUT2D eigenvalue weighted by Gasteiger charge is 2.09. The van der Waals surface area contributed by atoms with E-state index in [1.807, 2.05) is 0 Å². The molecule has 0 bridgehead atoms. The third-order valence-electron chi connectivity index (χ3n) is 6.44. The predicted octanol–water partition coefficient (Wildman–Crippen LogP) is 8.25. The molecule has 0 aromatic heterocycles. The summed E-state index contributed by atoms with van der Waals surface area (Å²) < 4.78 is 0. The molecular formula is C33H32. The van der Waals surface area contributed by atoms with Crippen molar-refractivity contribution in [1.29, 1.82) is 0 Å². The van der Waals surface area contributed by atoms with Gasteiger partial charge in [-0.15, -0.1) is 6.42 Å². The standard InChI is InChI=1S/C33H32/c1-4-7-14-27-22-25(6-3)26(23-28(27)15-8-5-2)18-13-21-33-31-19-11-9-16-29(31)24-30-17-10-12-20-32(30)33/h3,9-12,16-17,19-20,22-24H,4-5,7-8,14-15,18H2,1-2H3. The highest BCUT2D eigenvalue weighted by molar-refractivity contribution is 6.04. The van der Waals surface area contributed by atoms with Gasteiger partial charge in [0.1, 0.15) is 0 Å². The number of benzene rings is 4. The first-order valence-corrected chi connectivity index (χ1v) is 12.3. The molecule has 0 saturated carbocycles. The first-order valence-electron chi connectivity index (χ1n) is 12.3. The fourth-order valence-corrected chi connectivity index (χ4v) is 4.60. The van der Waals surface area contributed by atoms with Crippen molar-refractivity contribution in [2.24, 2.45) is 0 Å². The summed E-state index contributed by atoms with van der Waals surface area (Å²) in [4.78, 5) is 0. The summed E-state index contributed by atoms with van der Waals surface area (Å²) >= 11 is 0. The average molecular weight is 429 g/mol. The molecule has 0 aliphatic heterocycles. The Bertz CT molecular complexity index is 1310. The van der Waals surface area contributed by atoms with Crippen LogP contribution in [-0.4, -0.2) is 0 Å². The van der Waals surface area contributed by atoms with Gasteiger partial charge in [-0.05, 0) is 76.1 Å². The maximum absolute atomic E-state index is 5.93. The fourth-order valence-electron chi connectivity index (χ4n) is 4.60. The molecule has 0 aliphatic carbocycles. The molecule has 0 heteroatoms. The van der Waals surface area contributed by atoms with Gasteiger partial charge in [-0.2, -0.15) is 0 Å². The highest BCUT2D eigenvalue weighted by Crippen LogP contribution is 2.28. The van der Waals surface area contributed by atoms with Gasteiger partial charge in [0.15, 0.2) is 0 Å². The minimum Gasteiger partial charge on any atom is -0.115 e. The quantitative estimate of drug-likeness (QED) is 0.205. The zero-order valence-corrected chi connectivity index (χ0v) is 19.9. The van der Waals surface area contributed by atoms with Gasteiger partial charge >= 0.3 is 0 Å². The Morgan fingerprint density at radius 1 is 0.697 bits per heavy atom. The Kier molecular flexibility index (Phi) is 7.50. The fraction of sp³-hybridized carbons (Fsp3) is 0.273. The first-order chi connectivity index (χ1) is 16.2. The highest BCUT2D eigenvalue weighted by atomic mass is 14.1. The van der Waals surface area contributed by atoms with Gasteiger partial charge in [-0.25, -0.2) is 0 Å². The number of hydrogen-bond donors (Lipinski definition) is 0. The molecule has 0 radical (unpaired) electrons. The Labute approximate surface area is 199 Å². The third-order valence-corrected chi connectivity index (χ3v) is 6.44. The summed E-state index contributed by atoms with van der Waals surface area (Å²) in [5.74, 6) is 9.94. The van der Waals surface area contributed by atoms with Crippen LogP contribution in [0, 0.1) is 24.2 Å². The molecule has 4 aromatic rings.